The van der Waals surface area contributed by atoms with Crippen LogP contribution in [0, 0.1) is 0 Å². The SMILES string of the molecule is CCOC(=O)C(CS(=O)(=O)CCCS(=O)(=O)CCCSSc1ccccn1)N1C(=O)CCC1=O. The Balaban J connectivity index is 1.81. The van der Waals surface area contributed by atoms with E-state index in [4.69, 9.17) is 4.74 Å². The van der Waals surface area contributed by atoms with Crippen molar-refractivity contribution in [1.82, 2.24) is 9.88 Å². The van der Waals surface area contributed by atoms with E-state index in [2.05, 4.69) is 4.98 Å². The molecular weight excluding hydrogens is 524 g/mol. The maximum absolute atomic E-state index is 12.6. The summed E-state index contributed by atoms with van der Waals surface area (Å²) in [5.74, 6) is -3.27. The molecular formula is C20H28N2O8S4. The maximum Gasteiger partial charge on any atom is 0.330 e. The first-order valence-corrected chi connectivity index (χ1v) is 16.6. The van der Waals surface area contributed by atoms with E-state index < -0.39 is 55.0 Å². The van der Waals surface area contributed by atoms with Crippen molar-refractivity contribution in [3.8, 4) is 0 Å². The third-order valence-electron chi connectivity index (χ3n) is 4.75. The number of pyridine rings is 1. The Morgan fingerprint density at radius 3 is 2.32 bits per heavy atom. The molecule has 1 aromatic rings. The fourth-order valence-electron chi connectivity index (χ4n) is 3.19. The van der Waals surface area contributed by atoms with E-state index >= 15 is 0 Å². The van der Waals surface area contributed by atoms with Crippen LogP contribution in [0.3, 0.4) is 0 Å². The zero-order chi connectivity index (χ0) is 25.2. The first-order chi connectivity index (χ1) is 16.0. The molecule has 1 saturated heterocycles. The van der Waals surface area contributed by atoms with Crippen molar-refractivity contribution in [2.45, 2.75) is 43.7 Å². The molecule has 1 atom stereocenters. The second kappa shape index (κ2) is 13.4. The van der Waals surface area contributed by atoms with Gasteiger partial charge in [0.25, 0.3) is 0 Å². The van der Waals surface area contributed by atoms with Crippen molar-refractivity contribution < 1.29 is 36.0 Å². The van der Waals surface area contributed by atoms with Crippen LogP contribution in [0.2, 0.25) is 0 Å². The number of hydrogen-bond acceptors (Lipinski definition) is 11. The molecule has 2 rings (SSSR count). The Labute approximate surface area is 207 Å². The summed E-state index contributed by atoms with van der Waals surface area (Å²) in [7, 11) is -4.44. The number of esters is 1. The first kappa shape index (κ1) is 28.6. The summed E-state index contributed by atoms with van der Waals surface area (Å²) in [6.45, 7) is 1.49. The molecule has 1 aliphatic rings. The molecule has 190 valence electrons. The average Bonchev–Trinajstić information content (AvgIpc) is 3.10. The van der Waals surface area contributed by atoms with Gasteiger partial charge in [-0.15, -0.1) is 0 Å². The van der Waals surface area contributed by atoms with Crippen molar-refractivity contribution in [2.75, 3.05) is 35.4 Å². The molecule has 0 saturated carbocycles. The van der Waals surface area contributed by atoms with Crippen molar-refractivity contribution in [3.63, 3.8) is 0 Å². The number of nitrogens with zero attached hydrogens (tertiary/aromatic N) is 2. The molecule has 0 aliphatic carbocycles. The minimum Gasteiger partial charge on any atom is -0.464 e. The number of sulfone groups is 2. The van der Waals surface area contributed by atoms with Gasteiger partial charge < -0.3 is 4.74 Å². The molecule has 10 nitrogen and oxygen atoms in total. The van der Waals surface area contributed by atoms with Crippen LogP contribution in [0.25, 0.3) is 0 Å². The van der Waals surface area contributed by atoms with Gasteiger partial charge in [0.1, 0.15) is 14.9 Å². The van der Waals surface area contributed by atoms with Crippen molar-refractivity contribution in [2.24, 2.45) is 0 Å². The Morgan fingerprint density at radius 1 is 1.06 bits per heavy atom. The molecule has 2 heterocycles. The van der Waals surface area contributed by atoms with Crippen LogP contribution < -0.4 is 0 Å². The van der Waals surface area contributed by atoms with E-state index in [1.807, 2.05) is 18.2 Å². The number of aromatic nitrogens is 1. The van der Waals surface area contributed by atoms with Crippen LogP contribution in [0.5, 0.6) is 0 Å². The molecule has 2 amide bonds. The van der Waals surface area contributed by atoms with Gasteiger partial charge in [-0.3, -0.25) is 14.5 Å². The quantitative estimate of drug-likeness (QED) is 0.135. The monoisotopic (exact) mass is 552 g/mol. The van der Waals surface area contributed by atoms with Crippen molar-refractivity contribution in [3.05, 3.63) is 24.4 Å². The van der Waals surface area contributed by atoms with E-state index in [1.165, 1.54) is 28.5 Å². The highest BCUT2D eigenvalue weighted by molar-refractivity contribution is 8.76. The van der Waals surface area contributed by atoms with Crippen LogP contribution >= 0.6 is 21.6 Å². The van der Waals surface area contributed by atoms with E-state index in [0.717, 1.165) is 5.03 Å². The molecule has 0 bridgehead atoms. The summed E-state index contributed by atoms with van der Waals surface area (Å²) in [6, 6.07) is 3.98. The highest BCUT2D eigenvalue weighted by Gasteiger charge is 2.41. The summed E-state index contributed by atoms with van der Waals surface area (Å²) in [6.07, 6.45) is 1.77. The Morgan fingerprint density at radius 2 is 1.71 bits per heavy atom. The predicted octanol–water partition coefficient (Wildman–Crippen LogP) is 1.51. The highest BCUT2D eigenvalue weighted by Crippen LogP contribution is 2.29. The molecule has 14 heteroatoms. The summed E-state index contributed by atoms with van der Waals surface area (Å²) in [5, 5.41) is 0.832. The minimum absolute atomic E-state index is 0.0392. The fourth-order valence-corrected chi connectivity index (χ4v) is 8.41. The second-order valence-corrected chi connectivity index (χ2v) is 14.4. The van der Waals surface area contributed by atoms with Gasteiger partial charge in [0.15, 0.2) is 15.9 Å². The van der Waals surface area contributed by atoms with Crippen LogP contribution in [-0.4, -0.2) is 85.9 Å². The predicted molar refractivity (Wildman–Crippen MR) is 131 cm³/mol. The number of carbonyl (C=O) groups is 3. The number of rotatable bonds is 15. The van der Waals surface area contributed by atoms with Gasteiger partial charge in [0, 0.05) is 24.8 Å². The molecule has 0 aromatic carbocycles. The van der Waals surface area contributed by atoms with Crippen LogP contribution in [0.15, 0.2) is 29.4 Å². The fraction of sp³-hybridized carbons (Fsp3) is 0.600. The largest absolute Gasteiger partial charge is 0.464 e. The third kappa shape index (κ3) is 9.55. The van der Waals surface area contributed by atoms with Gasteiger partial charge in [-0.05, 0) is 42.7 Å². The van der Waals surface area contributed by atoms with E-state index in [9.17, 15) is 31.2 Å². The molecule has 34 heavy (non-hydrogen) atoms. The summed E-state index contributed by atoms with van der Waals surface area (Å²) in [5.41, 5.74) is 0. The van der Waals surface area contributed by atoms with Gasteiger partial charge in [-0.1, -0.05) is 16.9 Å². The van der Waals surface area contributed by atoms with Gasteiger partial charge in [0.2, 0.25) is 11.8 Å². The molecule has 1 fully saturated rings. The molecule has 0 spiro atoms. The smallest absolute Gasteiger partial charge is 0.330 e. The molecule has 0 radical (unpaired) electrons. The van der Waals surface area contributed by atoms with Crippen LogP contribution in [0.4, 0.5) is 0 Å². The number of amides is 2. The van der Waals surface area contributed by atoms with Crippen LogP contribution in [-0.2, 0) is 38.8 Å². The first-order valence-electron chi connectivity index (χ1n) is 10.7. The molecule has 0 N–H and O–H groups in total. The van der Waals surface area contributed by atoms with Gasteiger partial charge in [0.05, 0.1) is 29.6 Å². The van der Waals surface area contributed by atoms with E-state index in [-0.39, 0.29) is 37.4 Å². The Bertz CT molecular complexity index is 1050. The van der Waals surface area contributed by atoms with Crippen molar-refractivity contribution >= 4 is 59.0 Å². The zero-order valence-electron chi connectivity index (χ0n) is 18.8. The zero-order valence-corrected chi connectivity index (χ0v) is 22.0. The van der Waals surface area contributed by atoms with Crippen molar-refractivity contribution in [1.29, 1.82) is 0 Å². The van der Waals surface area contributed by atoms with Crippen LogP contribution in [0.1, 0.15) is 32.6 Å². The topological polar surface area (TPSA) is 145 Å². The second-order valence-electron chi connectivity index (χ2n) is 7.47. The molecule has 1 unspecified atom stereocenters. The Kier molecular flexibility index (Phi) is 11.3. The van der Waals surface area contributed by atoms with Gasteiger partial charge in [-0.2, -0.15) is 0 Å². The summed E-state index contributed by atoms with van der Waals surface area (Å²) in [4.78, 5) is 41.1. The van der Waals surface area contributed by atoms with E-state index in [1.54, 1.807) is 6.20 Å². The minimum atomic E-state index is -3.94. The standard InChI is InChI=1S/C20H28N2O8S4/c1-2-30-20(25)16(22-18(23)8-9-19(22)24)15-34(28,29)14-6-13-33(26,27)12-5-11-31-32-17-7-3-4-10-21-17/h3-4,7,10,16H,2,5-6,8-9,11-15H2,1H3. The van der Waals surface area contributed by atoms with Gasteiger partial charge >= 0.3 is 5.97 Å². The third-order valence-corrected chi connectivity index (χ3v) is 10.7. The lowest BCUT2D eigenvalue weighted by molar-refractivity contribution is -0.156. The Hall–Kier alpha value is -1.64. The number of carbonyl (C=O) groups excluding carboxylic acids is 3. The molecule has 1 aliphatic heterocycles. The average molecular weight is 553 g/mol. The van der Waals surface area contributed by atoms with Gasteiger partial charge in [-0.25, -0.2) is 26.6 Å². The van der Waals surface area contributed by atoms with E-state index in [0.29, 0.717) is 17.1 Å². The number of hydrogen-bond donors (Lipinski definition) is 0. The summed E-state index contributed by atoms with van der Waals surface area (Å²) >= 11 is 0. The molecule has 1 aromatic heterocycles. The number of imide groups is 1. The summed E-state index contributed by atoms with van der Waals surface area (Å²) < 4.78 is 54.5. The number of likely N-dealkylation sites (tertiary alicyclic amines) is 1. The lowest BCUT2D eigenvalue weighted by Crippen LogP contribution is -2.49. The lowest BCUT2D eigenvalue weighted by atomic mass is 10.3. The lowest BCUT2D eigenvalue weighted by Gasteiger charge is -2.24. The highest BCUT2D eigenvalue weighted by atomic mass is 33.1. The number of ether oxygens (including phenoxy) is 1. The normalized spacial score (nSPS) is 15.5. The maximum atomic E-state index is 12.6.